The lowest BCUT2D eigenvalue weighted by Gasteiger charge is -2.05. The third-order valence-electron chi connectivity index (χ3n) is 5.67. The molecule has 0 unspecified atom stereocenters. The molecule has 0 radical (unpaired) electrons. The lowest BCUT2D eigenvalue weighted by atomic mass is 10.0. The third-order valence-corrected chi connectivity index (χ3v) is 5.67. The first-order valence-corrected chi connectivity index (χ1v) is 12.3. The van der Waals surface area contributed by atoms with Crippen LogP contribution >= 0.6 is 0 Å². The van der Waals surface area contributed by atoms with Gasteiger partial charge in [0.15, 0.2) is 0 Å². The Kier molecular flexibility index (Phi) is 21.3. The monoisotopic (exact) mass is 382 g/mol. The lowest BCUT2D eigenvalue weighted by molar-refractivity contribution is -0.137. The van der Waals surface area contributed by atoms with Gasteiger partial charge in [-0.15, -0.1) is 0 Å². The Hall–Kier alpha value is -0.530. The number of carbonyl (C=O) groups is 1. The maximum absolute atomic E-state index is 10.4. The summed E-state index contributed by atoms with van der Waals surface area (Å²) >= 11 is 0. The van der Waals surface area contributed by atoms with Gasteiger partial charge in [0.2, 0.25) is 0 Å². The number of hydrogen-bond acceptors (Lipinski definition) is 1. The van der Waals surface area contributed by atoms with E-state index in [0.717, 1.165) is 18.8 Å². The Morgan fingerprint density at radius 2 is 0.778 bits per heavy atom. The van der Waals surface area contributed by atoms with E-state index in [1.807, 2.05) is 0 Å². The molecule has 162 valence electrons. The summed E-state index contributed by atoms with van der Waals surface area (Å²) in [5.41, 5.74) is 0. The Balaban J connectivity index is 3.00. The molecule has 2 heteroatoms. The second kappa shape index (κ2) is 21.8. The average molecular weight is 383 g/mol. The molecule has 0 heterocycles. The van der Waals surface area contributed by atoms with Crippen molar-refractivity contribution in [1.82, 2.24) is 0 Å². The van der Waals surface area contributed by atoms with Crippen LogP contribution in [0.15, 0.2) is 0 Å². The van der Waals surface area contributed by atoms with Crippen LogP contribution in [0, 0.1) is 5.92 Å². The Morgan fingerprint density at radius 1 is 0.519 bits per heavy atom. The van der Waals surface area contributed by atoms with Crippen molar-refractivity contribution in [2.45, 2.75) is 149 Å². The van der Waals surface area contributed by atoms with Crippen LogP contribution in [0.2, 0.25) is 0 Å². The zero-order chi connectivity index (χ0) is 20.0. The highest BCUT2D eigenvalue weighted by atomic mass is 16.4. The fourth-order valence-electron chi connectivity index (χ4n) is 3.83. The second-order valence-electron chi connectivity index (χ2n) is 9.04. The molecular formula is C25H50O2. The molecule has 27 heavy (non-hydrogen) atoms. The van der Waals surface area contributed by atoms with Crippen molar-refractivity contribution >= 4 is 5.97 Å². The molecular weight excluding hydrogens is 332 g/mol. The molecule has 0 atom stereocenters. The zero-order valence-corrected chi connectivity index (χ0v) is 18.8. The maximum atomic E-state index is 10.4. The number of carboxylic acids is 1. The van der Waals surface area contributed by atoms with Gasteiger partial charge in [0.1, 0.15) is 0 Å². The first kappa shape index (κ1) is 26.5. The van der Waals surface area contributed by atoms with Gasteiger partial charge < -0.3 is 5.11 Å². The summed E-state index contributed by atoms with van der Waals surface area (Å²) in [5.74, 6) is 0.231. The molecule has 0 aliphatic carbocycles. The Bertz CT molecular complexity index is 299. The first-order chi connectivity index (χ1) is 13.1. The van der Waals surface area contributed by atoms with Crippen LogP contribution in [0.5, 0.6) is 0 Å². The minimum atomic E-state index is -0.650. The van der Waals surface area contributed by atoms with Crippen LogP contribution in [0.1, 0.15) is 149 Å². The second-order valence-corrected chi connectivity index (χ2v) is 9.04. The van der Waals surface area contributed by atoms with Crippen molar-refractivity contribution in [1.29, 1.82) is 0 Å². The summed E-state index contributed by atoms with van der Waals surface area (Å²) < 4.78 is 0. The van der Waals surface area contributed by atoms with Crippen LogP contribution in [0.3, 0.4) is 0 Å². The third kappa shape index (κ3) is 25.5. The van der Waals surface area contributed by atoms with E-state index >= 15 is 0 Å². The molecule has 0 amide bonds. The average Bonchev–Trinajstić information content (AvgIpc) is 2.62. The van der Waals surface area contributed by atoms with E-state index in [0.29, 0.717) is 6.42 Å². The molecule has 0 saturated carbocycles. The van der Waals surface area contributed by atoms with Crippen LogP contribution in [-0.4, -0.2) is 11.1 Å². The molecule has 0 rings (SSSR count). The number of rotatable bonds is 22. The van der Waals surface area contributed by atoms with E-state index < -0.39 is 5.97 Å². The molecule has 0 bridgehead atoms. The van der Waals surface area contributed by atoms with E-state index in [1.165, 1.54) is 116 Å². The molecule has 0 aliphatic heterocycles. The molecule has 0 aliphatic rings. The zero-order valence-electron chi connectivity index (χ0n) is 18.8. The first-order valence-electron chi connectivity index (χ1n) is 12.3. The predicted octanol–water partition coefficient (Wildman–Crippen LogP) is 8.92. The van der Waals surface area contributed by atoms with Gasteiger partial charge in [0, 0.05) is 6.42 Å². The SMILES string of the molecule is CC(C)CCCCCCCCCCCCCCCCCCCCCC(=O)O. The summed E-state index contributed by atoms with van der Waals surface area (Å²) in [5, 5.41) is 8.58. The fourth-order valence-corrected chi connectivity index (χ4v) is 3.83. The van der Waals surface area contributed by atoms with Gasteiger partial charge in [-0.1, -0.05) is 136 Å². The molecule has 0 aromatic heterocycles. The van der Waals surface area contributed by atoms with Crippen molar-refractivity contribution < 1.29 is 9.90 Å². The van der Waals surface area contributed by atoms with Crippen LogP contribution in [0.25, 0.3) is 0 Å². The summed E-state index contributed by atoms with van der Waals surface area (Å²) in [4.78, 5) is 10.4. The normalized spacial score (nSPS) is 11.4. The largest absolute Gasteiger partial charge is 0.481 e. The number of unbranched alkanes of at least 4 members (excludes halogenated alkanes) is 18. The van der Waals surface area contributed by atoms with Gasteiger partial charge in [-0.25, -0.2) is 0 Å². The molecule has 0 aromatic carbocycles. The van der Waals surface area contributed by atoms with E-state index in [1.54, 1.807) is 0 Å². The van der Waals surface area contributed by atoms with Gasteiger partial charge in [0.25, 0.3) is 0 Å². The summed E-state index contributed by atoms with van der Waals surface area (Å²) in [6.07, 6.45) is 27.6. The molecule has 0 spiro atoms. The highest BCUT2D eigenvalue weighted by Crippen LogP contribution is 2.15. The highest BCUT2D eigenvalue weighted by Gasteiger charge is 1.98. The van der Waals surface area contributed by atoms with Gasteiger partial charge in [-0.3, -0.25) is 4.79 Å². The van der Waals surface area contributed by atoms with E-state index in [4.69, 9.17) is 5.11 Å². The van der Waals surface area contributed by atoms with E-state index in [2.05, 4.69) is 13.8 Å². The molecule has 0 fully saturated rings. The van der Waals surface area contributed by atoms with Crippen LogP contribution in [0.4, 0.5) is 0 Å². The van der Waals surface area contributed by atoms with Crippen molar-refractivity contribution in [3.05, 3.63) is 0 Å². The molecule has 0 saturated heterocycles. The smallest absolute Gasteiger partial charge is 0.303 e. The van der Waals surface area contributed by atoms with Crippen molar-refractivity contribution in [3.8, 4) is 0 Å². The topological polar surface area (TPSA) is 37.3 Å². The van der Waals surface area contributed by atoms with Gasteiger partial charge in [-0.2, -0.15) is 0 Å². The van der Waals surface area contributed by atoms with Crippen LogP contribution < -0.4 is 0 Å². The van der Waals surface area contributed by atoms with Crippen molar-refractivity contribution in [2.75, 3.05) is 0 Å². The minimum Gasteiger partial charge on any atom is -0.481 e. The predicted molar refractivity (Wildman–Crippen MR) is 119 cm³/mol. The molecule has 0 aromatic rings. The lowest BCUT2D eigenvalue weighted by Crippen LogP contribution is -1.93. The summed E-state index contributed by atoms with van der Waals surface area (Å²) in [6.45, 7) is 4.66. The summed E-state index contributed by atoms with van der Waals surface area (Å²) in [7, 11) is 0. The van der Waals surface area contributed by atoms with Gasteiger partial charge in [0.05, 0.1) is 0 Å². The van der Waals surface area contributed by atoms with E-state index in [-0.39, 0.29) is 0 Å². The number of hydrogen-bond donors (Lipinski definition) is 1. The van der Waals surface area contributed by atoms with Crippen molar-refractivity contribution in [2.24, 2.45) is 5.92 Å². The summed E-state index contributed by atoms with van der Waals surface area (Å²) in [6, 6.07) is 0. The number of aliphatic carboxylic acids is 1. The highest BCUT2D eigenvalue weighted by molar-refractivity contribution is 5.66. The molecule has 2 nitrogen and oxygen atoms in total. The Morgan fingerprint density at radius 3 is 1.04 bits per heavy atom. The van der Waals surface area contributed by atoms with Gasteiger partial charge in [-0.05, 0) is 12.3 Å². The number of carboxylic acid groups (broad SMARTS) is 1. The quantitative estimate of drug-likeness (QED) is 0.190. The molecule has 1 N–H and O–H groups in total. The van der Waals surface area contributed by atoms with Crippen LogP contribution in [-0.2, 0) is 4.79 Å². The van der Waals surface area contributed by atoms with Crippen molar-refractivity contribution in [3.63, 3.8) is 0 Å². The van der Waals surface area contributed by atoms with Gasteiger partial charge >= 0.3 is 5.97 Å². The Labute approximate surface area is 170 Å². The fraction of sp³-hybridized carbons (Fsp3) is 0.960. The maximum Gasteiger partial charge on any atom is 0.303 e. The minimum absolute atomic E-state index is 0.346. The van der Waals surface area contributed by atoms with E-state index in [9.17, 15) is 4.79 Å². The standard InChI is InChI=1S/C25H50O2/c1-24(2)22-20-18-16-14-12-10-8-6-4-3-5-7-9-11-13-15-17-19-21-23-25(26)27/h24H,3-23H2,1-2H3,(H,26,27).